The van der Waals surface area contributed by atoms with Crippen LogP contribution in [0.2, 0.25) is 0 Å². The standard InChI is InChI=1S/C12H19N5O3/c1-12(3-5-13-6-4-12)9-14-11(18)8-16-7-2-10(15-16)17(19)20/h2,7,13H,3-6,8-9H2,1H3,(H,14,18). The molecular weight excluding hydrogens is 262 g/mol. The summed E-state index contributed by atoms with van der Waals surface area (Å²) in [6.45, 7) is 4.72. The minimum Gasteiger partial charge on any atom is -0.358 e. The maximum Gasteiger partial charge on any atom is 0.389 e. The lowest BCUT2D eigenvalue weighted by molar-refractivity contribution is -0.389. The van der Waals surface area contributed by atoms with E-state index in [4.69, 9.17) is 0 Å². The topological polar surface area (TPSA) is 102 Å². The first-order valence-electron chi connectivity index (χ1n) is 6.64. The smallest absolute Gasteiger partial charge is 0.358 e. The van der Waals surface area contributed by atoms with Crippen LogP contribution in [-0.2, 0) is 11.3 Å². The number of carbonyl (C=O) groups excluding carboxylic acids is 1. The molecule has 0 spiro atoms. The van der Waals surface area contributed by atoms with Crippen molar-refractivity contribution in [1.29, 1.82) is 0 Å². The molecular formula is C12H19N5O3. The molecule has 1 fully saturated rings. The van der Waals surface area contributed by atoms with E-state index >= 15 is 0 Å². The third-order valence-electron chi connectivity index (χ3n) is 3.64. The van der Waals surface area contributed by atoms with E-state index in [-0.39, 0.29) is 23.7 Å². The molecule has 0 unspecified atom stereocenters. The summed E-state index contributed by atoms with van der Waals surface area (Å²) >= 11 is 0. The predicted molar refractivity (Wildman–Crippen MR) is 72.1 cm³/mol. The summed E-state index contributed by atoms with van der Waals surface area (Å²) in [5.74, 6) is -0.425. The van der Waals surface area contributed by atoms with Gasteiger partial charge in [0.15, 0.2) is 0 Å². The minimum atomic E-state index is -0.579. The van der Waals surface area contributed by atoms with Crippen molar-refractivity contribution in [1.82, 2.24) is 20.4 Å². The Kier molecular flexibility index (Phi) is 4.33. The lowest BCUT2D eigenvalue weighted by atomic mass is 9.81. The van der Waals surface area contributed by atoms with Gasteiger partial charge in [-0.1, -0.05) is 6.92 Å². The number of hydrogen-bond acceptors (Lipinski definition) is 5. The minimum absolute atomic E-state index is 0.00215. The summed E-state index contributed by atoms with van der Waals surface area (Å²) in [5.41, 5.74) is 0.122. The summed E-state index contributed by atoms with van der Waals surface area (Å²) in [4.78, 5) is 21.7. The molecule has 20 heavy (non-hydrogen) atoms. The van der Waals surface area contributed by atoms with Crippen molar-refractivity contribution < 1.29 is 9.72 Å². The summed E-state index contributed by atoms with van der Waals surface area (Å²) in [6, 6.07) is 1.28. The molecule has 0 atom stereocenters. The zero-order valence-corrected chi connectivity index (χ0v) is 11.5. The van der Waals surface area contributed by atoms with E-state index in [1.165, 1.54) is 16.9 Å². The number of nitrogens with zero attached hydrogens (tertiary/aromatic N) is 3. The van der Waals surface area contributed by atoms with Gasteiger partial charge in [-0.3, -0.25) is 4.79 Å². The van der Waals surface area contributed by atoms with Gasteiger partial charge in [0.25, 0.3) is 0 Å². The molecule has 2 rings (SSSR count). The third kappa shape index (κ3) is 3.77. The van der Waals surface area contributed by atoms with E-state index in [0.717, 1.165) is 25.9 Å². The van der Waals surface area contributed by atoms with E-state index in [0.29, 0.717) is 6.54 Å². The van der Waals surface area contributed by atoms with Gasteiger partial charge in [0.2, 0.25) is 5.91 Å². The second-order valence-corrected chi connectivity index (χ2v) is 5.47. The van der Waals surface area contributed by atoms with Gasteiger partial charge in [-0.2, -0.15) is 4.68 Å². The van der Waals surface area contributed by atoms with E-state index in [9.17, 15) is 14.9 Å². The molecule has 0 aliphatic carbocycles. The van der Waals surface area contributed by atoms with Gasteiger partial charge in [-0.05, 0) is 36.3 Å². The zero-order chi connectivity index (χ0) is 14.6. The Bertz CT molecular complexity index is 493. The van der Waals surface area contributed by atoms with Crippen LogP contribution in [0.4, 0.5) is 5.82 Å². The Morgan fingerprint density at radius 1 is 1.60 bits per heavy atom. The SMILES string of the molecule is CC1(CNC(=O)Cn2ccc([N+](=O)[O-])n2)CCNCC1. The highest BCUT2D eigenvalue weighted by Crippen LogP contribution is 2.26. The number of carbonyl (C=O) groups is 1. The van der Waals surface area contributed by atoms with Gasteiger partial charge in [-0.25, -0.2) is 0 Å². The van der Waals surface area contributed by atoms with Gasteiger partial charge < -0.3 is 20.7 Å². The normalized spacial score (nSPS) is 17.6. The van der Waals surface area contributed by atoms with Crippen LogP contribution in [0.5, 0.6) is 0 Å². The van der Waals surface area contributed by atoms with Crippen LogP contribution in [-0.4, -0.2) is 40.2 Å². The Balaban J connectivity index is 1.81. The summed E-state index contributed by atoms with van der Waals surface area (Å²) in [5, 5.41) is 20.4. The van der Waals surface area contributed by atoms with Gasteiger partial charge in [0.1, 0.15) is 6.54 Å². The van der Waals surface area contributed by atoms with E-state index in [2.05, 4.69) is 22.7 Å². The number of aromatic nitrogens is 2. The number of hydrogen-bond donors (Lipinski definition) is 2. The monoisotopic (exact) mass is 281 g/mol. The molecule has 0 aromatic carbocycles. The molecule has 8 heteroatoms. The van der Waals surface area contributed by atoms with Crippen LogP contribution in [0.15, 0.2) is 12.3 Å². The largest absolute Gasteiger partial charge is 0.389 e. The van der Waals surface area contributed by atoms with Crippen LogP contribution in [0.1, 0.15) is 19.8 Å². The van der Waals surface area contributed by atoms with Gasteiger partial charge in [0.05, 0.1) is 17.4 Å². The first kappa shape index (κ1) is 14.4. The molecule has 2 heterocycles. The maximum absolute atomic E-state index is 11.8. The number of nitro groups is 1. The van der Waals surface area contributed by atoms with E-state index in [1.54, 1.807) is 0 Å². The quantitative estimate of drug-likeness (QED) is 0.597. The predicted octanol–water partition coefficient (Wildman–Crippen LogP) is 0.297. The van der Waals surface area contributed by atoms with Crippen molar-refractivity contribution in [2.75, 3.05) is 19.6 Å². The highest BCUT2D eigenvalue weighted by atomic mass is 16.6. The third-order valence-corrected chi connectivity index (χ3v) is 3.64. The first-order valence-corrected chi connectivity index (χ1v) is 6.64. The lowest BCUT2D eigenvalue weighted by Gasteiger charge is -2.34. The molecule has 0 radical (unpaired) electrons. The summed E-state index contributed by atoms with van der Waals surface area (Å²) in [6.07, 6.45) is 3.49. The van der Waals surface area contributed by atoms with Gasteiger partial charge in [-0.15, -0.1) is 0 Å². The van der Waals surface area contributed by atoms with Crippen LogP contribution in [0.25, 0.3) is 0 Å². The zero-order valence-electron chi connectivity index (χ0n) is 11.5. The number of piperidine rings is 1. The van der Waals surface area contributed by atoms with Crippen molar-refractivity contribution in [2.45, 2.75) is 26.3 Å². The van der Waals surface area contributed by atoms with Crippen molar-refractivity contribution in [2.24, 2.45) is 5.41 Å². The average Bonchev–Trinajstić information content (AvgIpc) is 2.86. The van der Waals surface area contributed by atoms with Crippen LogP contribution in [0, 0.1) is 15.5 Å². The van der Waals surface area contributed by atoms with Crippen molar-refractivity contribution in [3.63, 3.8) is 0 Å². The molecule has 8 nitrogen and oxygen atoms in total. The van der Waals surface area contributed by atoms with Crippen LogP contribution >= 0.6 is 0 Å². The fraction of sp³-hybridized carbons (Fsp3) is 0.667. The first-order chi connectivity index (χ1) is 9.48. The molecule has 1 aromatic rings. The Morgan fingerprint density at radius 3 is 2.90 bits per heavy atom. The molecule has 1 aliphatic rings. The Hall–Kier alpha value is -1.96. The maximum atomic E-state index is 11.8. The average molecular weight is 281 g/mol. The fourth-order valence-corrected chi connectivity index (χ4v) is 2.26. The van der Waals surface area contributed by atoms with Crippen molar-refractivity contribution >= 4 is 11.7 Å². The van der Waals surface area contributed by atoms with E-state index < -0.39 is 4.92 Å². The van der Waals surface area contributed by atoms with Crippen molar-refractivity contribution in [3.8, 4) is 0 Å². The summed E-state index contributed by atoms with van der Waals surface area (Å²) in [7, 11) is 0. The van der Waals surface area contributed by atoms with Gasteiger partial charge >= 0.3 is 5.82 Å². The second kappa shape index (κ2) is 6.00. The highest BCUT2D eigenvalue weighted by Gasteiger charge is 2.27. The number of nitrogens with one attached hydrogen (secondary N) is 2. The summed E-state index contributed by atoms with van der Waals surface area (Å²) < 4.78 is 1.28. The Labute approximate surface area is 116 Å². The fourth-order valence-electron chi connectivity index (χ4n) is 2.26. The molecule has 1 saturated heterocycles. The molecule has 2 N–H and O–H groups in total. The molecule has 1 aromatic heterocycles. The van der Waals surface area contributed by atoms with Crippen LogP contribution in [0.3, 0.4) is 0 Å². The van der Waals surface area contributed by atoms with E-state index in [1.807, 2.05) is 0 Å². The number of rotatable bonds is 5. The second-order valence-electron chi connectivity index (χ2n) is 5.47. The van der Waals surface area contributed by atoms with Crippen LogP contribution < -0.4 is 10.6 Å². The van der Waals surface area contributed by atoms with Gasteiger partial charge in [0, 0.05) is 6.54 Å². The molecule has 0 bridgehead atoms. The van der Waals surface area contributed by atoms with Crippen molar-refractivity contribution in [3.05, 3.63) is 22.4 Å². The molecule has 1 amide bonds. The molecule has 1 aliphatic heterocycles. The molecule has 110 valence electrons. The lowest BCUT2D eigenvalue weighted by Crippen LogP contribution is -2.43. The highest BCUT2D eigenvalue weighted by molar-refractivity contribution is 5.75. The molecule has 0 saturated carbocycles. The Morgan fingerprint density at radius 2 is 2.30 bits per heavy atom. The number of amides is 1.